The lowest BCUT2D eigenvalue weighted by Gasteiger charge is -2.31. The predicted molar refractivity (Wildman–Crippen MR) is 76.5 cm³/mol. The van der Waals surface area contributed by atoms with Gasteiger partial charge in [-0.2, -0.15) is 0 Å². The zero-order chi connectivity index (χ0) is 13.1. The van der Waals surface area contributed by atoms with Gasteiger partial charge in [0, 0.05) is 11.6 Å². The van der Waals surface area contributed by atoms with Gasteiger partial charge in [-0.3, -0.25) is 0 Å². The third-order valence-electron chi connectivity index (χ3n) is 4.20. The van der Waals surface area contributed by atoms with Crippen LogP contribution < -0.4 is 10.1 Å². The van der Waals surface area contributed by atoms with Crippen molar-refractivity contribution in [2.24, 2.45) is 0 Å². The molecule has 1 saturated carbocycles. The van der Waals surface area contributed by atoms with E-state index >= 15 is 0 Å². The number of ether oxygens (including phenoxy) is 1. The fourth-order valence-electron chi connectivity index (χ4n) is 3.35. The van der Waals surface area contributed by atoms with E-state index in [0.29, 0.717) is 12.0 Å². The molecule has 0 bridgehead atoms. The Kier molecular flexibility index (Phi) is 4.28. The van der Waals surface area contributed by atoms with Gasteiger partial charge in [0.1, 0.15) is 5.75 Å². The SMILES string of the molecule is CNC1CCCC(c2c(C)cc(C)cc2OC)C1. The van der Waals surface area contributed by atoms with Crippen LogP contribution in [-0.4, -0.2) is 20.2 Å². The predicted octanol–water partition coefficient (Wildman–Crippen LogP) is 3.56. The van der Waals surface area contributed by atoms with Gasteiger partial charge < -0.3 is 10.1 Å². The molecule has 0 spiro atoms. The maximum absolute atomic E-state index is 5.61. The quantitative estimate of drug-likeness (QED) is 0.882. The summed E-state index contributed by atoms with van der Waals surface area (Å²) >= 11 is 0. The average molecular weight is 247 g/mol. The van der Waals surface area contributed by atoms with Crippen LogP contribution in [0.1, 0.15) is 48.3 Å². The second kappa shape index (κ2) is 5.75. The van der Waals surface area contributed by atoms with E-state index in [1.165, 1.54) is 42.4 Å². The van der Waals surface area contributed by atoms with Gasteiger partial charge in [0.15, 0.2) is 0 Å². The van der Waals surface area contributed by atoms with Crippen LogP contribution in [0.5, 0.6) is 5.75 Å². The Hall–Kier alpha value is -1.02. The van der Waals surface area contributed by atoms with Gasteiger partial charge in [-0.15, -0.1) is 0 Å². The first kappa shape index (κ1) is 13.4. The summed E-state index contributed by atoms with van der Waals surface area (Å²) in [4.78, 5) is 0. The molecule has 0 heterocycles. The second-order valence-corrected chi connectivity index (χ2v) is 5.55. The Morgan fingerprint density at radius 3 is 2.67 bits per heavy atom. The minimum Gasteiger partial charge on any atom is -0.496 e. The Labute approximate surface area is 111 Å². The highest BCUT2D eigenvalue weighted by molar-refractivity contribution is 5.45. The van der Waals surface area contributed by atoms with Gasteiger partial charge in [-0.25, -0.2) is 0 Å². The summed E-state index contributed by atoms with van der Waals surface area (Å²) < 4.78 is 5.61. The first-order valence-corrected chi connectivity index (χ1v) is 6.98. The van der Waals surface area contributed by atoms with Crippen LogP contribution >= 0.6 is 0 Å². The lowest BCUT2D eigenvalue weighted by molar-refractivity contribution is 0.341. The fourth-order valence-corrected chi connectivity index (χ4v) is 3.35. The van der Waals surface area contributed by atoms with Crippen LogP contribution in [0.4, 0.5) is 0 Å². The Bertz CT molecular complexity index is 414. The lowest BCUT2D eigenvalue weighted by Crippen LogP contribution is -2.30. The summed E-state index contributed by atoms with van der Waals surface area (Å²) in [6.45, 7) is 4.35. The highest BCUT2D eigenvalue weighted by Gasteiger charge is 2.25. The van der Waals surface area contributed by atoms with E-state index in [1.807, 2.05) is 0 Å². The number of aryl methyl sites for hydroxylation is 2. The van der Waals surface area contributed by atoms with Crippen molar-refractivity contribution in [3.05, 3.63) is 28.8 Å². The van der Waals surface area contributed by atoms with Crippen LogP contribution in [0.25, 0.3) is 0 Å². The highest BCUT2D eigenvalue weighted by Crippen LogP contribution is 2.39. The van der Waals surface area contributed by atoms with Crippen molar-refractivity contribution in [3.8, 4) is 5.75 Å². The van der Waals surface area contributed by atoms with Gasteiger partial charge in [0.2, 0.25) is 0 Å². The number of hydrogen-bond acceptors (Lipinski definition) is 2. The molecule has 1 fully saturated rings. The lowest BCUT2D eigenvalue weighted by atomic mass is 9.79. The molecule has 2 atom stereocenters. The number of methoxy groups -OCH3 is 1. The zero-order valence-electron chi connectivity index (χ0n) is 12.0. The van der Waals surface area contributed by atoms with Gasteiger partial charge in [-0.1, -0.05) is 12.5 Å². The molecule has 0 saturated heterocycles. The van der Waals surface area contributed by atoms with Crippen molar-refractivity contribution >= 4 is 0 Å². The van der Waals surface area contributed by atoms with Crippen molar-refractivity contribution in [2.45, 2.75) is 51.5 Å². The van der Waals surface area contributed by atoms with Gasteiger partial charge >= 0.3 is 0 Å². The maximum atomic E-state index is 5.61. The average Bonchev–Trinajstić information content (AvgIpc) is 2.37. The molecule has 2 nitrogen and oxygen atoms in total. The van der Waals surface area contributed by atoms with Gasteiger partial charge in [-0.05, 0) is 63.3 Å². The van der Waals surface area contributed by atoms with Crippen molar-refractivity contribution < 1.29 is 4.74 Å². The van der Waals surface area contributed by atoms with Crippen molar-refractivity contribution in [1.82, 2.24) is 5.32 Å². The van der Waals surface area contributed by atoms with Crippen LogP contribution in [0.3, 0.4) is 0 Å². The highest BCUT2D eigenvalue weighted by atomic mass is 16.5. The molecule has 1 aliphatic rings. The van der Waals surface area contributed by atoms with E-state index < -0.39 is 0 Å². The molecule has 1 aromatic rings. The van der Waals surface area contributed by atoms with E-state index in [4.69, 9.17) is 4.74 Å². The summed E-state index contributed by atoms with van der Waals surface area (Å²) in [5.74, 6) is 1.72. The van der Waals surface area contributed by atoms with Crippen molar-refractivity contribution in [3.63, 3.8) is 0 Å². The number of rotatable bonds is 3. The first-order valence-electron chi connectivity index (χ1n) is 6.98. The number of benzene rings is 1. The van der Waals surface area contributed by atoms with E-state index in [2.05, 4.69) is 38.3 Å². The van der Waals surface area contributed by atoms with Gasteiger partial charge in [0.25, 0.3) is 0 Å². The molecular weight excluding hydrogens is 222 g/mol. The summed E-state index contributed by atoms with van der Waals surface area (Å²) in [6.07, 6.45) is 5.14. The fraction of sp³-hybridized carbons (Fsp3) is 0.625. The minimum absolute atomic E-state index is 0.645. The summed E-state index contributed by atoms with van der Waals surface area (Å²) in [5, 5.41) is 3.43. The molecule has 0 aliphatic heterocycles. The van der Waals surface area contributed by atoms with E-state index in [9.17, 15) is 0 Å². The number of hydrogen-bond donors (Lipinski definition) is 1. The smallest absolute Gasteiger partial charge is 0.122 e. The first-order chi connectivity index (χ1) is 8.65. The molecule has 0 radical (unpaired) electrons. The van der Waals surface area contributed by atoms with Gasteiger partial charge in [0.05, 0.1) is 7.11 Å². The largest absolute Gasteiger partial charge is 0.496 e. The van der Waals surface area contributed by atoms with E-state index in [0.717, 1.165) is 5.75 Å². The molecule has 1 aromatic carbocycles. The normalized spacial score (nSPS) is 24.0. The second-order valence-electron chi connectivity index (χ2n) is 5.55. The summed E-state index contributed by atoms with van der Waals surface area (Å²) in [7, 11) is 3.86. The molecule has 100 valence electrons. The van der Waals surface area contributed by atoms with Crippen LogP contribution in [-0.2, 0) is 0 Å². The van der Waals surface area contributed by atoms with Crippen molar-refractivity contribution in [2.75, 3.05) is 14.2 Å². The molecule has 0 aromatic heterocycles. The molecular formula is C16H25NO. The van der Waals surface area contributed by atoms with Crippen molar-refractivity contribution in [1.29, 1.82) is 0 Å². The van der Waals surface area contributed by atoms with E-state index in [1.54, 1.807) is 7.11 Å². The molecule has 2 unspecified atom stereocenters. The Morgan fingerprint density at radius 2 is 2.00 bits per heavy atom. The molecule has 1 aliphatic carbocycles. The Morgan fingerprint density at radius 1 is 1.22 bits per heavy atom. The Balaban J connectivity index is 2.31. The standard InChI is InChI=1S/C16H25NO/c1-11-8-12(2)16(15(9-11)18-4)13-6-5-7-14(10-13)17-3/h8-9,13-14,17H,5-7,10H2,1-4H3. The molecule has 2 heteroatoms. The molecule has 2 rings (SSSR count). The molecule has 18 heavy (non-hydrogen) atoms. The number of nitrogens with one attached hydrogen (secondary N) is 1. The third-order valence-corrected chi connectivity index (χ3v) is 4.20. The molecule has 1 N–H and O–H groups in total. The van der Waals surface area contributed by atoms with Crippen LogP contribution in [0, 0.1) is 13.8 Å². The summed E-state index contributed by atoms with van der Waals surface area (Å²) in [5.41, 5.74) is 4.10. The minimum atomic E-state index is 0.645. The maximum Gasteiger partial charge on any atom is 0.122 e. The third kappa shape index (κ3) is 2.69. The molecule has 0 amide bonds. The van der Waals surface area contributed by atoms with E-state index in [-0.39, 0.29) is 0 Å². The van der Waals surface area contributed by atoms with Crippen LogP contribution in [0.2, 0.25) is 0 Å². The monoisotopic (exact) mass is 247 g/mol. The topological polar surface area (TPSA) is 21.3 Å². The van der Waals surface area contributed by atoms with Crippen LogP contribution in [0.15, 0.2) is 12.1 Å². The summed E-state index contributed by atoms with van der Waals surface area (Å²) in [6, 6.07) is 5.11. The zero-order valence-corrected chi connectivity index (χ0v) is 12.0.